The van der Waals surface area contributed by atoms with Crippen LogP contribution in [0.2, 0.25) is 0 Å². The molecule has 0 aliphatic rings. The lowest BCUT2D eigenvalue weighted by molar-refractivity contribution is 0.448. The van der Waals surface area contributed by atoms with Crippen molar-refractivity contribution in [3.8, 4) is 0 Å². The molecule has 0 saturated carbocycles. The Kier molecular flexibility index (Phi) is 27.4. The third-order valence-corrected chi connectivity index (χ3v) is 6.98. The summed E-state index contributed by atoms with van der Waals surface area (Å²) in [6.07, 6.45) is 37.8. The van der Waals surface area contributed by atoms with E-state index in [1.807, 2.05) is 0 Å². The predicted octanol–water partition coefficient (Wildman–Crippen LogP) is 10.9. The first-order valence-corrected chi connectivity index (χ1v) is 14.7. The average molecular weight is 436 g/mol. The zero-order chi connectivity index (χ0) is 22.7. The van der Waals surface area contributed by atoms with Crippen molar-refractivity contribution >= 4 is 6.29 Å². The summed E-state index contributed by atoms with van der Waals surface area (Å²) in [6, 6.07) is 0. The fourth-order valence-electron chi connectivity index (χ4n) is 4.73. The van der Waals surface area contributed by atoms with Gasteiger partial charge in [0.1, 0.15) is 0 Å². The van der Waals surface area contributed by atoms with Gasteiger partial charge in [-0.1, -0.05) is 168 Å². The molecule has 0 N–H and O–H groups in total. The van der Waals surface area contributed by atoms with Crippen LogP contribution in [-0.2, 0) is 4.79 Å². The minimum absolute atomic E-state index is 0.214. The third-order valence-electron chi connectivity index (χ3n) is 6.98. The van der Waals surface area contributed by atoms with Crippen molar-refractivity contribution in [1.82, 2.24) is 0 Å². The van der Waals surface area contributed by atoms with Crippen molar-refractivity contribution in [2.75, 3.05) is 0 Å². The van der Waals surface area contributed by atoms with Gasteiger partial charge in [-0.2, -0.15) is 0 Å². The van der Waals surface area contributed by atoms with E-state index in [1.54, 1.807) is 0 Å². The van der Waals surface area contributed by atoms with E-state index in [0.29, 0.717) is 0 Å². The summed E-state index contributed by atoms with van der Waals surface area (Å²) >= 11 is 0. The van der Waals surface area contributed by atoms with E-state index in [9.17, 15) is 4.79 Å². The summed E-state index contributed by atoms with van der Waals surface area (Å²) < 4.78 is 0. The molecule has 0 saturated heterocycles. The molecule has 1 nitrogen and oxygen atoms in total. The fraction of sp³-hybridized carbons (Fsp3) is 0.967. The van der Waals surface area contributed by atoms with Gasteiger partial charge in [0.25, 0.3) is 0 Å². The summed E-state index contributed by atoms with van der Waals surface area (Å²) in [5.74, 6) is 0.214. The van der Waals surface area contributed by atoms with Crippen LogP contribution in [0.4, 0.5) is 0 Å². The maximum Gasteiger partial charge on any atom is 0.201 e. The molecule has 0 unspecified atom stereocenters. The van der Waals surface area contributed by atoms with Crippen LogP contribution in [0.3, 0.4) is 0 Å². The molecule has 0 aromatic carbocycles. The van der Waals surface area contributed by atoms with Crippen LogP contribution in [0.5, 0.6) is 0 Å². The summed E-state index contributed by atoms with van der Waals surface area (Å²) in [7, 11) is 0. The van der Waals surface area contributed by atoms with Gasteiger partial charge in [-0.25, -0.2) is 0 Å². The molecule has 1 radical (unpaired) electrons. The SMILES string of the molecule is CCCCCCCCCCCCCCC([C]=O)CCCCCCCCCCCCCC. The highest BCUT2D eigenvalue weighted by molar-refractivity contribution is 5.54. The molecule has 1 heteroatoms. The molecule has 0 aliphatic carbocycles. The second-order valence-corrected chi connectivity index (χ2v) is 10.2. The Morgan fingerprint density at radius 1 is 0.387 bits per heavy atom. The molecule has 0 aromatic rings. The quantitative estimate of drug-likeness (QED) is 0.117. The number of hydrogen-bond donors (Lipinski definition) is 0. The van der Waals surface area contributed by atoms with Gasteiger partial charge < -0.3 is 0 Å². The van der Waals surface area contributed by atoms with E-state index in [0.717, 1.165) is 12.8 Å². The highest BCUT2D eigenvalue weighted by atomic mass is 16.1. The van der Waals surface area contributed by atoms with E-state index in [4.69, 9.17) is 0 Å². The molecular weight excluding hydrogens is 376 g/mol. The number of rotatable bonds is 27. The Labute approximate surface area is 197 Å². The fourth-order valence-corrected chi connectivity index (χ4v) is 4.73. The van der Waals surface area contributed by atoms with E-state index in [2.05, 4.69) is 20.1 Å². The van der Waals surface area contributed by atoms with Crippen molar-refractivity contribution < 1.29 is 4.79 Å². The molecular formula is C30H59O. The summed E-state index contributed by atoms with van der Waals surface area (Å²) in [4.78, 5) is 11.2. The van der Waals surface area contributed by atoms with Gasteiger partial charge in [-0.05, 0) is 12.8 Å². The van der Waals surface area contributed by atoms with Crippen LogP contribution in [-0.4, -0.2) is 6.29 Å². The largest absolute Gasteiger partial charge is 0.291 e. The third kappa shape index (κ3) is 25.8. The van der Waals surface area contributed by atoms with Crippen LogP contribution in [0.1, 0.15) is 181 Å². The second kappa shape index (κ2) is 27.7. The highest BCUT2D eigenvalue weighted by Crippen LogP contribution is 2.18. The van der Waals surface area contributed by atoms with Crippen molar-refractivity contribution in [3.05, 3.63) is 0 Å². The highest BCUT2D eigenvalue weighted by Gasteiger charge is 2.08. The first-order valence-electron chi connectivity index (χ1n) is 14.7. The lowest BCUT2D eigenvalue weighted by Crippen LogP contribution is -2.02. The molecule has 0 amide bonds. The van der Waals surface area contributed by atoms with Crippen molar-refractivity contribution in [1.29, 1.82) is 0 Å². The number of hydrogen-bond acceptors (Lipinski definition) is 1. The summed E-state index contributed by atoms with van der Waals surface area (Å²) in [5, 5.41) is 0. The Balaban J connectivity index is 3.27. The molecule has 0 spiro atoms. The van der Waals surface area contributed by atoms with E-state index < -0.39 is 0 Å². The van der Waals surface area contributed by atoms with Gasteiger partial charge in [0.15, 0.2) is 0 Å². The Morgan fingerprint density at radius 2 is 0.613 bits per heavy atom. The first kappa shape index (κ1) is 30.7. The number of unbranched alkanes of at least 4 members (excludes halogenated alkanes) is 22. The van der Waals surface area contributed by atoms with Crippen LogP contribution in [0.15, 0.2) is 0 Å². The molecule has 185 valence electrons. The minimum Gasteiger partial charge on any atom is -0.291 e. The van der Waals surface area contributed by atoms with Crippen molar-refractivity contribution in [3.63, 3.8) is 0 Å². The zero-order valence-electron chi connectivity index (χ0n) is 21.9. The lowest BCUT2D eigenvalue weighted by Gasteiger charge is -2.09. The lowest BCUT2D eigenvalue weighted by atomic mass is 9.95. The molecule has 0 aliphatic heterocycles. The van der Waals surface area contributed by atoms with Crippen LogP contribution in [0, 0.1) is 5.92 Å². The van der Waals surface area contributed by atoms with Gasteiger partial charge >= 0.3 is 0 Å². The van der Waals surface area contributed by atoms with Crippen molar-refractivity contribution in [2.24, 2.45) is 5.92 Å². The van der Waals surface area contributed by atoms with Gasteiger partial charge in [0, 0.05) is 5.92 Å². The molecule has 0 bridgehead atoms. The van der Waals surface area contributed by atoms with E-state index in [1.165, 1.54) is 154 Å². The van der Waals surface area contributed by atoms with Gasteiger partial charge in [-0.3, -0.25) is 4.79 Å². The van der Waals surface area contributed by atoms with Gasteiger partial charge in [-0.15, -0.1) is 0 Å². The first-order chi connectivity index (χ1) is 15.3. The molecule has 0 atom stereocenters. The van der Waals surface area contributed by atoms with Crippen LogP contribution in [0.25, 0.3) is 0 Å². The molecule has 31 heavy (non-hydrogen) atoms. The van der Waals surface area contributed by atoms with E-state index in [-0.39, 0.29) is 5.92 Å². The second-order valence-electron chi connectivity index (χ2n) is 10.2. The van der Waals surface area contributed by atoms with E-state index >= 15 is 0 Å². The van der Waals surface area contributed by atoms with Crippen molar-refractivity contribution in [2.45, 2.75) is 181 Å². The topological polar surface area (TPSA) is 17.1 Å². The maximum absolute atomic E-state index is 11.2. The normalized spacial score (nSPS) is 11.5. The zero-order valence-corrected chi connectivity index (χ0v) is 21.9. The summed E-state index contributed by atoms with van der Waals surface area (Å²) in [5.41, 5.74) is 0. The van der Waals surface area contributed by atoms with Crippen LogP contribution >= 0.6 is 0 Å². The van der Waals surface area contributed by atoms with Crippen LogP contribution < -0.4 is 0 Å². The monoisotopic (exact) mass is 435 g/mol. The molecule has 0 fully saturated rings. The standard InChI is InChI=1S/C30H59O/c1-3-5-7-9-11-13-15-17-19-21-23-25-27-30(29-31)28-26-24-22-20-18-16-14-12-10-8-6-4-2/h30H,3-28H2,1-2H3. The number of carbonyl (C=O) groups excluding carboxylic acids is 1. The molecule has 0 heterocycles. The van der Waals surface area contributed by atoms with Gasteiger partial charge in [0.05, 0.1) is 0 Å². The minimum atomic E-state index is 0.214. The van der Waals surface area contributed by atoms with Gasteiger partial charge in [0.2, 0.25) is 6.29 Å². The Bertz CT molecular complexity index is 296. The average Bonchev–Trinajstić information content (AvgIpc) is 2.79. The molecule has 0 aromatic heterocycles. The Morgan fingerprint density at radius 3 is 0.839 bits per heavy atom. The molecule has 0 rings (SSSR count). The maximum atomic E-state index is 11.2. The predicted molar refractivity (Wildman–Crippen MR) is 141 cm³/mol. The smallest absolute Gasteiger partial charge is 0.201 e. The summed E-state index contributed by atoms with van der Waals surface area (Å²) in [6.45, 7) is 4.57. The Hall–Kier alpha value is -0.330.